The predicted molar refractivity (Wildman–Crippen MR) is 95.4 cm³/mol. The Morgan fingerprint density at radius 3 is 2.61 bits per heavy atom. The molecule has 0 spiro atoms. The summed E-state index contributed by atoms with van der Waals surface area (Å²) in [4.78, 5) is 26.3. The number of amides is 2. The van der Waals surface area contributed by atoms with E-state index < -0.39 is 11.5 Å². The lowest BCUT2D eigenvalue weighted by Crippen LogP contribution is -2.51. The smallest absolute Gasteiger partial charge is 0.239 e. The highest BCUT2D eigenvalue weighted by Crippen LogP contribution is 2.31. The average Bonchev–Trinajstić information content (AvgIpc) is 2.83. The third-order valence-corrected chi connectivity index (χ3v) is 4.45. The van der Waals surface area contributed by atoms with E-state index in [0.29, 0.717) is 35.2 Å². The monoisotopic (exact) mass is 379 g/mol. The highest BCUT2D eigenvalue weighted by molar-refractivity contribution is 6.42. The lowest BCUT2D eigenvalue weighted by molar-refractivity contribution is -0.133. The van der Waals surface area contributed by atoms with Crippen molar-refractivity contribution in [3.05, 3.63) is 28.2 Å². The van der Waals surface area contributed by atoms with Crippen molar-refractivity contribution in [3.63, 3.8) is 0 Å². The van der Waals surface area contributed by atoms with Crippen LogP contribution in [0, 0.1) is 5.92 Å². The van der Waals surface area contributed by atoms with Gasteiger partial charge in [-0.2, -0.15) is 0 Å². The molecule has 2 amide bonds. The number of anilines is 1. The van der Waals surface area contributed by atoms with Crippen LogP contribution >= 0.6 is 35.6 Å². The SMILES string of the molecule is CC(C)(CN)NC(=O)C1CCN(c2ccc(Cl)c(Cl)c2)C1=O.Cl. The molecule has 0 aromatic heterocycles. The van der Waals surface area contributed by atoms with Gasteiger partial charge in [0.2, 0.25) is 11.8 Å². The Labute approximate surface area is 151 Å². The van der Waals surface area contributed by atoms with Gasteiger partial charge in [0.1, 0.15) is 5.92 Å². The second kappa shape index (κ2) is 7.71. The van der Waals surface area contributed by atoms with Gasteiger partial charge in [0, 0.05) is 24.3 Å². The number of hydrogen-bond acceptors (Lipinski definition) is 3. The van der Waals surface area contributed by atoms with Gasteiger partial charge in [-0.15, -0.1) is 12.4 Å². The molecule has 2 rings (SSSR count). The van der Waals surface area contributed by atoms with Crippen LogP contribution in [0.5, 0.6) is 0 Å². The quantitative estimate of drug-likeness (QED) is 0.788. The predicted octanol–water partition coefficient (Wildman–Crippen LogP) is 2.62. The van der Waals surface area contributed by atoms with Crippen LogP contribution in [0.2, 0.25) is 10.0 Å². The summed E-state index contributed by atoms with van der Waals surface area (Å²) in [5.41, 5.74) is 5.71. The topological polar surface area (TPSA) is 75.4 Å². The van der Waals surface area contributed by atoms with Gasteiger partial charge in [-0.1, -0.05) is 23.2 Å². The molecule has 1 heterocycles. The molecule has 1 aliphatic heterocycles. The molecule has 1 atom stereocenters. The first-order valence-corrected chi connectivity index (χ1v) is 7.79. The van der Waals surface area contributed by atoms with E-state index in [9.17, 15) is 9.59 Å². The molecule has 1 fully saturated rings. The molecule has 0 aliphatic carbocycles. The Bertz CT molecular complexity index is 608. The van der Waals surface area contributed by atoms with Crippen LogP contribution in [0.15, 0.2) is 18.2 Å². The van der Waals surface area contributed by atoms with Crippen molar-refractivity contribution in [1.29, 1.82) is 0 Å². The molecule has 1 aliphatic rings. The molecule has 128 valence electrons. The Morgan fingerprint density at radius 1 is 1.39 bits per heavy atom. The maximum Gasteiger partial charge on any atom is 0.239 e. The van der Waals surface area contributed by atoms with Crippen LogP contribution in [0.25, 0.3) is 0 Å². The molecule has 3 N–H and O–H groups in total. The highest BCUT2D eigenvalue weighted by Gasteiger charge is 2.39. The van der Waals surface area contributed by atoms with Gasteiger partial charge < -0.3 is 16.0 Å². The lowest BCUT2D eigenvalue weighted by atomic mass is 10.0. The van der Waals surface area contributed by atoms with E-state index in [-0.39, 0.29) is 24.2 Å². The molecule has 0 bridgehead atoms. The van der Waals surface area contributed by atoms with Crippen molar-refractivity contribution in [2.45, 2.75) is 25.8 Å². The summed E-state index contributed by atoms with van der Waals surface area (Å²) in [6, 6.07) is 4.99. The standard InChI is InChI=1S/C15H19Cl2N3O2.ClH/c1-15(2,8-18)19-13(21)10-5-6-20(14(10)22)9-3-4-11(16)12(17)7-9;/h3-4,7,10H,5-6,8,18H2,1-2H3,(H,19,21);1H. The van der Waals surface area contributed by atoms with Crippen LogP contribution in [-0.4, -0.2) is 30.4 Å². The number of nitrogens with zero attached hydrogens (tertiary/aromatic N) is 1. The Morgan fingerprint density at radius 2 is 2.04 bits per heavy atom. The first kappa shape index (κ1) is 20.0. The number of hydrogen-bond donors (Lipinski definition) is 2. The molecule has 1 saturated heterocycles. The second-order valence-electron chi connectivity index (χ2n) is 6.01. The maximum absolute atomic E-state index is 12.5. The van der Waals surface area contributed by atoms with Crippen molar-refractivity contribution in [1.82, 2.24) is 5.32 Å². The fourth-order valence-corrected chi connectivity index (χ4v) is 2.60. The van der Waals surface area contributed by atoms with Crippen molar-refractivity contribution in [2.24, 2.45) is 11.7 Å². The van der Waals surface area contributed by atoms with Crippen molar-refractivity contribution >= 4 is 53.1 Å². The Kier molecular flexibility index (Phi) is 6.71. The van der Waals surface area contributed by atoms with Gasteiger partial charge in [-0.05, 0) is 38.5 Å². The number of halogens is 3. The number of carbonyl (C=O) groups is 2. The van der Waals surface area contributed by atoms with E-state index in [1.54, 1.807) is 23.1 Å². The first-order chi connectivity index (χ1) is 10.2. The van der Waals surface area contributed by atoms with Crippen molar-refractivity contribution in [2.75, 3.05) is 18.0 Å². The van der Waals surface area contributed by atoms with Gasteiger partial charge >= 0.3 is 0 Å². The average molecular weight is 381 g/mol. The summed E-state index contributed by atoms with van der Waals surface area (Å²) in [7, 11) is 0. The number of nitrogens with one attached hydrogen (secondary N) is 1. The minimum atomic E-state index is -0.694. The van der Waals surface area contributed by atoms with Gasteiger partial charge in [0.25, 0.3) is 0 Å². The zero-order valence-corrected chi connectivity index (χ0v) is 15.3. The van der Waals surface area contributed by atoms with Gasteiger partial charge in [-0.3, -0.25) is 9.59 Å². The van der Waals surface area contributed by atoms with E-state index >= 15 is 0 Å². The van der Waals surface area contributed by atoms with Crippen LogP contribution in [-0.2, 0) is 9.59 Å². The minimum Gasteiger partial charge on any atom is -0.349 e. The number of carbonyl (C=O) groups excluding carboxylic acids is 2. The fourth-order valence-electron chi connectivity index (χ4n) is 2.30. The largest absolute Gasteiger partial charge is 0.349 e. The molecule has 1 aromatic rings. The Balaban J connectivity index is 0.00000264. The van der Waals surface area contributed by atoms with Crippen molar-refractivity contribution < 1.29 is 9.59 Å². The summed E-state index contributed by atoms with van der Waals surface area (Å²) >= 11 is 11.9. The van der Waals surface area contributed by atoms with E-state index in [1.165, 1.54) is 0 Å². The summed E-state index contributed by atoms with van der Waals surface area (Å²) in [5, 5.41) is 3.62. The van der Waals surface area contributed by atoms with E-state index in [2.05, 4.69) is 5.32 Å². The summed E-state index contributed by atoms with van der Waals surface area (Å²) in [6.45, 7) is 4.41. The normalized spacial score (nSPS) is 17.9. The maximum atomic E-state index is 12.5. The van der Waals surface area contributed by atoms with Gasteiger partial charge in [0.15, 0.2) is 0 Å². The molecular formula is C15H20Cl3N3O2. The molecule has 0 saturated carbocycles. The molecule has 1 unspecified atom stereocenters. The molecule has 8 heteroatoms. The zero-order chi connectivity index (χ0) is 16.5. The van der Waals surface area contributed by atoms with Gasteiger partial charge in [-0.25, -0.2) is 0 Å². The summed E-state index contributed by atoms with van der Waals surface area (Å²) in [6.07, 6.45) is 0.464. The van der Waals surface area contributed by atoms with Crippen LogP contribution in [0.4, 0.5) is 5.69 Å². The van der Waals surface area contributed by atoms with Crippen molar-refractivity contribution in [3.8, 4) is 0 Å². The molecular weight excluding hydrogens is 361 g/mol. The third-order valence-electron chi connectivity index (χ3n) is 3.71. The molecule has 5 nitrogen and oxygen atoms in total. The summed E-state index contributed by atoms with van der Waals surface area (Å²) < 4.78 is 0. The third kappa shape index (κ3) is 4.51. The van der Waals surface area contributed by atoms with E-state index in [4.69, 9.17) is 28.9 Å². The molecule has 0 radical (unpaired) electrons. The number of benzene rings is 1. The van der Waals surface area contributed by atoms with Gasteiger partial charge in [0.05, 0.1) is 10.0 Å². The van der Waals surface area contributed by atoms with Crippen LogP contribution in [0.3, 0.4) is 0 Å². The number of nitrogens with two attached hydrogens (primary N) is 1. The minimum absolute atomic E-state index is 0. The lowest BCUT2D eigenvalue weighted by Gasteiger charge is -2.25. The first-order valence-electron chi connectivity index (χ1n) is 7.04. The highest BCUT2D eigenvalue weighted by atomic mass is 35.5. The zero-order valence-electron chi connectivity index (χ0n) is 12.9. The second-order valence-corrected chi connectivity index (χ2v) is 6.82. The molecule has 23 heavy (non-hydrogen) atoms. The van der Waals surface area contributed by atoms with Crippen LogP contribution in [0.1, 0.15) is 20.3 Å². The van der Waals surface area contributed by atoms with Crippen LogP contribution < -0.4 is 16.0 Å². The van der Waals surface area contributed by atoms with E-state index in [1.807, 2.05) is 13.8 Å². The summed E-state index contributed by atoms with van der Waals surface area (Å²) in [5.74, 6) is -1.22. The fraction of sp³-hybridized carbons (Fsp3) is 0.467. The van der Waals surface area contributed by atoms with E-state index in [0.717, 1.165) is 0 Å². The Hall–Kier alpha value is -1.01. The molecule has 1 aromatic carbocycles. The number of rotatable bonds is 4.